The molecule has 1 saturated carbocycles. The van der Waals surface area contributed by atoms with Gasteiger partial charge in [-0.25, -0.2) is 4.98 Å². The average Bonchev–Trinajstić information content (AvgIpc) is 3.34. The largest absolute Gasteiger partial charge is 0.347 e. The van der Waals surface area contributed by atoms with E-state index in [4.69, 9.17) is 11.6 Å². The van der Waals surface area contributed by atoms with Crippen molar-refractivity contribution in [2.45, 2.75) is 25.8 Å². The van der Waals surface area contributed by atoms with E-state index in [0.29, 0.717) is 16.2 Å². The summed E-state index contributed by atoms with van der Waals surface area (Å²) in [6, 6.07) is 10.9. The lowest BCUT2D eigenvalue weighted by Crippen LogP contribution is -2.27. The van der Waals surface area contributed by atoms with Crippen LogP contribution in [0.1, 0.15) is 39.5 Å². The minimum atomic E-state index is -0.385. The molecule has 6 nitrogen and oxygen atoms in total. The maximum Gasteiger partial charge on any atom is 0.287 e. The molecule has 1 aliphatic rings. The van der Waals surface area contributed by atoms with Gasteiger partial charge in [0.15, 0.2) is 5.69 Å². The number of benzene rings is 1. The van der Waals surface area contributed by atoms with Gasteiger partial charge in [-0.2, -0.15) is 0 Å². The van der Waals surface area contributed by atoms with Crippen molar-refractivity contribution in [3.63, 3.8) is 0 Å². The number of nitrogens with zero attached hydrogens (tertiary/aromatic N) is 2. The third kappa shape index (κ3) is 3.15. The molecule has 2 heterocycles. The van der Waals surface area contributed by atoms with Crippen molar-refractivity contribution >= 4 is 34.6 Å². The number of imidazole rings is 1. The highest BCUT2D eigenvalue weighted by Gasteiger charge is 2.27. The summed E-state index contributed by atoms with van der Waals surface area (Å²) in [7, 11) is 0. The van der Waals surface area contributed by atoms with E-state index >= 15 is 0 Å². The Hall–Kier alpha value is -2.86. The Labute approximate surface area is 155 Å². The number of carbonyl (C=O) groups excluding carboxylic acids is 2. The summed E-state index contributed by atoms with van der Waals surface area (Å²) in [5, 5.41) is 6.28. The van der Waals surface area contributed by atoms with Crippen LogP contribution in [0, 0.1) is 6.92 Å². The number of halogens is 1. The van der Waals surface area contributed by atoms with Crippen molar-refractivity contribution in [2.75, 3.05) is 5.32 Å². The molecule has 2 amide bonds. The highest BCUT2D eigenvalue weighted by Crippen LogP contribution is 2.23. The van der Waals surface area contributed by atoms with E-state index in [-0.39, 0.29) is 29.4 Å². The molecule has 0 radical (unpaired) electrons. The van der Waals surface area contributed by atoms with E-state index < -0.39 is 0 Å². The Bertz CT molecular complexity index is 1020. The molecule has 7 heteroatoms. The third-order valence-electron chi connectivity index (χ3n) is 4.33. The van der Waals surface area contributed by atoms with E-state index in [1.54, 1.807) is 40.9 Å². The summed E-state index contributed by atoms with van der Waals surface area (Å²) in [5.74, 6) is -0.448. The minimum absolute atomic E-state index is 0.200. The van der Waals surface area contributed by atoms with E-state index in [2.05, 4.69) is 15.6 Å². The Kier molecular flexibility index (Phi) is 4.12. The van der Waals surface area contributed by atoms with E-state index in [1.807, 2.05) is 13.0 Å². The second-order valence-corrected chi connectivity index (χ2v) is 6.84. The summed E-state index contributed by atoms with van der Waals surface area (Å²) in [6.45, 7) is 1.88. The van der Waals surface area contributed by atoms with Crippen molar-refractivity contribution in [3.05, 3.63) is 64.7 Å². The number of nitrogens with one attached hydrogen (secondary N) is 2. The number of rotatable bonds is 4. The standard InChI is InChI=1S/C19H17ClN4O2/c1-11-5-6-12(20)10-14(11)22-18(25)16-15-4-2-3-9-24(15)17(23-16)19(26)21-13-7-8-13/h2-6,9-10,13H,7-8H2,1H3,(H,21,26)(H,22,25). The molecular formula is C19H17ClN4O2. The summed E-state index contributed by atoms with van der Waals surface area (Å²) < 4.78 is 1.64. The van der Waals surface area contributed by atoms with Crippen LogP contribution in [0.25, 0.3) is 5.52 Å². The van der Waals surface area contributed by atoms with Gasteiger partial charge in [0, 0.05) is 22.9 Å². The molecule has 0 bridgehead atoms. The molecule has 132 valence electrons. The van der Waals surface area contributed by atoms with Gasteiger partial charge in [0.2, 0.25) is 5.82 Å². The normalized spacial score (nSPS) is 13.6. The number of pyridine rings is 1. The van der Waals surface area contributed by atoms with Gasteiger partial charge in [0.1, 0.15) is 0 Å². The fourth-order valence-corrected chi connectivity index (χ4v) is 2.93. The zero-order chi connectivity index (χ0) is 18.3. The molecule has 0 unspecified atom stereocenters. The van der Waals surface area contributed by atoms with Crippen LogP contribution in [0.15, 0.2) is 42.6 Å². The summed E-state index contributed by atoms with van der Waals surface area (Å²) in [6.07, 6.45) is 3.69. The average molecular weight is 369 g/mol. The van der Waals surface area contributed by atoms with Gasteiger partial charge in [-0.1, -0.05) is 23.7 Å². The SMILES string of the molecule is Cc1ccc(Cl)cc1NC(=O)c1nc(C(=O)NC2CC2)n2ccccc12. The number of hydrogen-bond donors (Lipinski definition) is 2. The first kappa shape index (κ1) is 16.6. The summed E-state index contributed by atoms with van der Waals surface area (Å²) in [5.41, 5.74) is 2.28. The number of amides is 2. The molecule has 4 rings (SSSR count). The van der Waals surface area contributed by atoms with Gasteiger partial charge in [-0.15, -0.1) is 0 Å². The highest BCUT2D eigenvalue weighted by molar-refractivity contribution is 6.31. The van der Waals surface area contributed by atoms with E-state index in [0.717, 1.165) is 18.4 Å². The van der Waals surface area contributed by atoms with Gasteiger partial charge < -0.3 is 10.6 Å². The van der Waals surface area contributed by atoms with E-state index in [1.165, 1.54) is 0 Å². The Morgan fingerprint density at radius 1 is 1.19 bits per heavy atom. The van der Waals surface area contributed by atoms with Crippen LogP contribution in [-0.2, 0) is 0 Å². The predicted octanol–water partition coefficient (Wildman–Crippen LogP) is 3.44. The smallest absolute Gasteiger partial charge is 0.287 e. The second-order valence-electron chi connectivity index (χ2n) is 6.40. The van der Waals surface area contributed by atoms with Crippen molar-refractivity contribution in [1.82, 2.24) is 14.7 Å². The summed E-state index contributed by atoms with van der Waals surface area (Å²) in [4.78, 5) is 29.6. The van der Waals surface area contributed by atoms with Crippen LogP contribution in [-0.4, -0.2) is 27.2 Å². The molecule has 1 fully saturated rings. The summed E-state index contributed by atoms with van der Waals surface area (Å²) >= 11 is 6.02. The van der Waals surface area contributed by atoms with Crippen molar-refractivity contribution in [3.8, 4) is 0 Å². The maximum atomic E-state index is 12.8. The molecule has 0 atom stereocenters. The zero-order valence-electron chi connectivity index (χ0n) is 14.1. The molecule has 1 aliphatic carbocycles. The number of anilines is 1. The highest BCUT2D eigenvalue weighted by atomic mass is 35.5. The first-order valence-electron chi connectivity index (χ1n) is 8.38. The lowest BCUT2D eigenvalue weighted by molar-refractivity contribution is 0.0940. The van der Waals surface area contributed by atoms with Crippen molar-refractivity contribution in [2.24, 2.45) is 0 Å². The molecule has 0 aliphatic heterocycles. The molecule has 2 N–H and O–H groups in total. The van der Waals surface area contributed by atoms with Gasteiger partial charge in [-0.05, 0) is 49.6 Å². The Balaban J connectivity index is 1.70. The van der Waals surface area contributed by atoms with E-state index in [9.17, 15) is 9.59 Å². The van der Waals surface area contributed by atoms with Gasteiger partial charge >= 0.3 is 0 Å². The first-order valence-corrected chi connectivity index (χ1v) is 8.76. The fraction of sp³-hybridized carbons (Fsp3) is 0.211. The molecule has 3 aromatic rings. The van der Waals surface area contributed by atoms with Crippen LogP contribution in [0.5, 0.6) is 0 Å². The van der Waals surface area contributed by atoms with Gasteiger partial charge in [0.05, 0.1) is 5.52 Å². The molecule has 0 spiro atoms. The molecule has 1 aromatic carbocycles. The second kappa shape index (κ2) is 6.46. The number of aryl methyl sites for hydroxylation is 1. The van der Waals surface area contributed by atoms with Crippen molar-refractivity contribution in [1.29, 1.82) is 0 Å². The third-order valence-corrected chi connectivity index (χ3v) is 4.56. The minimum Gasteiger partial charge on any atom is -0.347 e. The van der Waals surface area contributed by atoms with Crippen molar-refractivity contribution < 1.29 is 9.59 Å². The number of fused-ring (bicyclic) bond motifs is 1. The Morgan fingerprint density at radius 2 is 2.00 bits per heavy atom. The van der Waals surface area contributed by atoms with Gasteiger partial charge in [0.25, 0.3) is 11.8 Å². The Morgan fingerprint density at radius 3 is 2.77 bits per heavy atom. The lowest BCUT2D eigenvalue weighted by atomic mass is 10.2. The monoisotopic (exact) mass is 368 g/mol. The fourth-order valence-electron chi connectivity index (χ4n) is 2.75. The van der Waals surface area contributed by atoms with Crippen LogP contribution in [0.2, 0.25) is 5.02 Å². The van der Waals surface area contributed by atoms with Gasteiger partial charge in [-0.3, -0.25) is 14.0 Å². The molecule has 26 heavy (non-hydrogen) atoms. The van der Waals surface area contributed by atoms with Crippen LogP contribution >= 0.6 is 11.6 Å². The first-order chi connectivity index (χ1) is 12.5. The zero-order valence-corrected chi connectivity index (χ0v) is 14.9. The number of aromatic nitrogens is 2. The van der Waals surface area contributed by atoms with Crippen LogP contribution in [0.4, 0.5) is 5.69 Å². The predicted molar refractivity (Wildman–Crippen MR) is 99.8 cm³/mol. The topological polar surface area (TPSA) is 75.5 Å². The number of carbonyl (C=O) groups is 2. The molecule has 2 aromatic heterocycles. The maximum absolute atomic E-state index is 12.8. The quantitative estimate of drug-likeness (QED) is 0.740. The van der Waals surface area contributed by atoms with Crippen LogP contribution in [0.3, 0.4) is 0 Å². The number of hydrogen-bond acceptors (Lipinski definition) is 3. The molecule has 0 saturated heterocycles. The van der Waals surface area contributed by atoms with Crippen LogP contribution < -0.4 is 10.6 Å². The molecular weight excluding hydrogens is 352 g/mol. The lowest BCUT2D eigenvalue weighted by Gasteiger charge is -2.07.